The van der Waals surface area contributed by atoms with E-state index in [4.69, 9.17) is 4.43 Å². The number of carbonyl (C=O) groups is 3. The van der Waals surface area contributed by atoms with Crippen LogP contribution < -0.4 is 0 Å². The zero-order valence-electron chi connectivity index (χ0n) is 15.3. The molecule has 3 atom stereocenters. The van der Waals surface area contributed by atoms with Crippen LogP contribution in [0.3, 0.4) is 0 Å². The Morgan fingerprint density at radius 1 is 1.12 bits per heavy atom. The van der Waals surface area contributed by atoms with Crippen LogP contribution in [0.4, 0.5) is 0 Å². The van der Waals surface area contributed by atoms with Crippen LogP contribution in [-0.4, -0.2) is 62.4 Å². The van der Waals surface area contributed by atoms with Gasteiger partial charge >= 0.3 is 0 Å². The van der Waals surface area contributed by atoms with E-state index in [2.05, 4.69) is 19.6 Å². The van der Waals surface area contributed by atoms with Gasteiger partial charge in [-0.2, -0.15) is 0 Å². The molecule has 3 heterocycles. The van der Waals surface area contributed by atoms with Crippen LogP contribution in [0.25, 0.3) is 0 Å². The summed E-state index contributed by atoms with van der Waals surface area (Å²) in [7, 11) is -3.66. The second-order valence-corrected chi connectivity index (χ2v) is 19.0. The molecule has 0 aromatic rings. The topological polar surface area (TPSA) is 66.9 Å². The number of rotatable bonds is 4. The molecule has 0 saturated carbocycles. The maximum Gasteiger partial charge on any atom is 0.248 e. The third kappa shape index (κ3) is 2.60. The predicted octanol–water partition coefficient (Wildman–Crippen LogP) is 1.42. The first-order valence-corrected chi connectivity index (χ1v) is 15.5. The fourth-order valence-electron chi connectivity index (χ4n) is 3.96. The number of carbonyl (C=O) groups excluding carboxylic acids is 3. The van der Waals surface area contributed by atoms with Crippen LogP contribution in [-0.2, 0) is 18.8 Å². The molecule has 0 aromatic carbocycles. The van der Waals surface area contributed by atoms with Crippen LogP contribution in [0, 0.1) is 11.8 Å². The standard InChI is InChI=1S/C16H26N2O4Si2/c1-23(2,3)10-17-14(20)11-9-18-12(19)7-8-16(18,13(11)15(17)21)22-24(4,5)6/h7-8,11,13H,9-10H2,1-6H3/t11-,13+,16+/m1/s1. The number of hydrogen-bond acceptors (Lipinski definition) is 4. The first-order valence-electron chi connectivity index (χ1n) is 8.42. The fourth-order valence-corrected chi connectivity index (χ4v) is 6.50. The van der Waals surface area contributed by atoms with Gasteiger partial charge in [-0.3, -0.25) is 19.3 Å². The van der Waals surface area contributed by atoms with Crippen molar-refractivity contribution in [1.82, 2.24) is 9.80 Å². The normalized spacial score (nSPS) is 32.8. The van der Waals surface area contributed by atoms with Crippen LogP contribution in [0.15, 0.2) is 12.2 Å². The van der Waals surface area contributed by atoms with E-state index in [1.165, 1.54) is 11.0 Å². The lowest BCUT2D eigenvalue weighted by molar-refractivity contribution is -0.148. The van der Waals surface area contributed by atoms with Crippen molar-refractivity contribution < 1.29 is 18.8 Å². The largest absolute Gasteiger partial charge is 0.392 e. The Morgan fingerprint density at radius 3 is 2.29 bits per heavy atom. The zero-order valence-corrected chi connectivity index (χ0v) is 17.3. The first-order chi connectivity index (χ1) is 10.9. The Balaban J connectivity index is 2.00. The van der Waals surface area contributed by atoms with Gasteiger partial charge < -0.3 is 9.33 Å². The summed E-state index contributed by atoms with van der Waals surface area (Å²) >= 11 is 0. The highest BCUT2D eigenvalue weighted by atomic mass is 28.4. The Kier molecular flexibility index (Phi) is 3.75. The van der Waals surface area contributed by atoms with Gasteiger partial charge in [-0.05, 0) is 25.7 Å². The molecule has 0 aromatic heterocycles. The van der Waals surface area contributed by atoms with Gasteiger partial charge in [-0.25, -0.2) is 0 Å². The van der Waals surface area contributed by atoms with E-state index in [0.717, 1.165) is 0 Å². The molecule has 0 aliphatic carbocycles. The van der Waals surface area contributed by atoms with Crippen LogP contribution in [0.2, 0.25) is 39.3 Å². The molecule has 0 bridgehead atoms. The summed E-state index contributed by atoms with van der Waals surface area (Å²) in [5.74, 6) is -1.55. The summed E-state index contributed by atoms with van der Waals surface area (Å²) in [6, 6.07) is 0. The second-order valence-electron chi connectivity index (χ2n) is 9.16. The summed E-state index contributed by atoms with van der Waals surface area (Å²) in [5.41, 5.74) is -1.06. The van der Waals surface area contributed by atoms with Crippen LogP contribution in [0.5, 0.6) is 0 Å². The summed E-state index contributed by atoms with van der Waals surface area (Å²) in [6.07, 6.45) is 3.72. The van der Waals surface area contributed by atoms with Gasteiger partial charge in [0.05, 0.1) is 14.0 Å². The van der Waals surface area contributed by atoms with E-state index in [0.29, 0.717) is 6.17 Å². The SMILES string of the molecule is C[Si](C)(C)CN1C(=O)[C@@H]2[C@@H](CN3C(=O)C=C[C@]23O[Si](C)(C)C)C1=O. The highest BCUT2D eigenvalue weighted by Crippen LogP contribution is 2.50. The first kappa shape index (κ1) is 17.6. The number of imide groups is 1. The van der Waals surface area contributed by atoms with Crippen molar-refractivity contribution in [1.29, 1.82) is 0 Å². The van der Waals surface area contributed by atoms with E-state index >= 15 is 0 Å². The van der Waals surface area contributed by atoms with Crippen LogP contribution >= 0.6 is 0 Å². The van der Waals surface area contributed by atoms with Gasteiger partial charge in [0.15, 0.2) is 14.0 Å². The predicted molar refractivity (Wildman–Crippen MR) is 95.1 cm³/mol. The molecule has 3 rings (SSSR count). The molecule has 8 heteroatoms. The highest BCUT2D eigenvalue weighted by molar-refractivity contribution is 6.76. The second kappa shape index (κ2) is 5.12. The zero-order chi connectivity index (χ0) is 18.1. The fraction of sp³-hybridized carbons (Fsp3) is 0.688. The number of nitrogens with zero attached hydrogens (tertiary/aromatic N) is 2. The van der Waals surface area contributed by atoms with E-state index in [9.17, 15) is 14.4 Å². The molecule has 0 unspecified atom stereocenters. The molecule has 2 fully saturated rings. The molecule has 24 heavy (non-hydrogen) atoms. The van der Waals surface area contributed by atoms with Crippen molar-refractivity contribution in [3.63, 3.8) is 0 Å². The van der Waals surface area contributed by atoms with Crippen molar-refractivity contribution in [3.8, 4) is 0 Å². The maximum absolute atomic E-state index is 13.1. The Morgan fingerprint density at radius 2 is 1.75 bits per heavy atom. The molecule has 3 aliphatic rings. The van der Waals surface area contributed by atoms with E-state index < -0.39 is 34.0 Å². The lowest BCUT2D eigenvalue weighted by Crippen LogP contribution is -2.56. The van der Waals surface area contributed by atoms with Gasteiger partial charge in [-0.1, -0.05) is 19.6 Å². The molecule has 0 spiro atoms. The number of likely N-dealkylation sites (tertiary alicyclic amines) is 1. The number of hydrogen-bond donors (Lipinski definition) is 0. The molecule has 0 radical (unpaired) electrons. The maximum atomic E-state index is 13.1. The van der Waals surface area contributed by atoms with Gasteiger partial charge in [0.25, 0.3) is 0 Å². The molecule has 6 nitrogen and oxygen atoms in total. The monoisotopic (exact) mass is 366 g/mol. The van der Waals surface area contributed by atoms with Crippen molar-refractivity contribution in [3.05, 3.63) is 12.2 Å². The quantitative estimate of drug-likeness (QED) is 0.557. The average molecular weight is 367 g/mol. The van der Waals surface area contributed by atoms with Gasteiger partial charge in [0.2, 0.25) is 17.7 Å². The van der Waals surface area contributed by atoms with Gasteiger partial charge in [-0.15, -0.1) is 0 Å². The number of amides is 3. The van der Waals surface area contributed by atoms with Crippen molar-refractivity contribution >= 4 is 34.1 Å². The Hall–Kier alpha value is -1.26. The van der Waals surface area contributed by atoms with Gasteiger partial charge in [0.1, 0.15) is 5.92 Å². The molecule has 3 amide bonds. The molecule has 132 valence electrons. The van der Waals surface area contributed by atoms with Crippen molar-refractivity contribution in [2.24, 2.45) is 11.8 Å². The third-order valence-corrected chi connectivity index (χ3v) is 6.80. The average Bonchev–Trinajstić information content (AvgIpc) is 2.93. The van der Waals surface area contributed by atoms with E-state index in [1.807, 2.05) is 19.6 Å². The summed E-state index contributed by atoms with van der Waals surface area (Å²) in [5, 5.41) is 0. The molecule has 2 saturated heterocycles. The minimum absolute atomic E-state index is 0.137. The van der Waals surface area contributed by atoms with Gasteiger partial charge in [0, 0.05) is 18.8 Å². The lowest BCUT2D eigenvalue weighted by atomic mass is 9.90. The molecular weight excluding hydrogens is 340 g/mol. The Labute approximate surface area is 145 Å². The summed E-state index contributed by atoms with van der Waals surface area (Å²) < 4.78 is 6.36. The summed E-state index contributed by atoms with van der Waals surface area (Å²) in [6.45, 7) is 12.8. The molecule has 3 aliphatic heterocycles. The number of fused-ring (bicyclic) bond motifs is 3. The summed E-state index contributed by atoms with van der Waals surface area (Å²) in [4.78, 5) is 41.2. The van der Waals surface area contributed by atoms with Crippen LogP contribution in [0.1, 0.15) is 0 Å². The third-order valence-electron chi connectivity index (χ3n) is 4.60. The minimum Gasteiger partial charge on any atom is -0.392 e. The van der Waals surface area contributed by atoms with Crippen molar-refractivity contribution in [2.45, 2.75) is 45.0 Å². The highest BCUT2D eigenvalue weighted by Gasteiger charge is 2.68. The van der Waals surface area contributed by atoms with E-state index in [-0.39, 0.29) is 24.3 Å². The van der Waals surface area contributed by atoms with E-state index in [1.54, 1.807) is 11.0 Å². The smallest absolute Gasteiger partial charge is 0.248 e. The molecular formula is C16H26N2O4Si2. The van der Waals surface area contributed by atoms with Crippen molar-refractivity contribution in [2.75, 3.05) is 12.7 Å². The minimum atomic E-state index is -2.05. The molecule has 0 N–H and O–H groups in total. The lowest BCUT2D eigenvalue weighted by Gasteiger charge is -2.40. The Bertz CT molecular complexity index is 649.